The molecular formula is C25H39IN6O. The van der Waals surface area contributed by atoms with Crippen molar-refractivity contribution in [1.82, 2.24) is 20.5 Å². The maximum atomic E-state index is 5.62. The second-order valence-electron chi connectivity index (χ2n) is 8.11. The first kappa shape index (κ1) is 27.3. The Morgan fingerprint density at radius 3 is 2.55 bits per heavy atom. The fourth-order valence-corrected chi connectivity index (χ4v) is 4.13. The largest absolute Gasteiger partial charge is 0.375 e. The third kappa shape index (κ3) is 8.12. The van der Waals surface area contributed by atoms with E-state index in [1.165, 1.54) is 5.56 Å². The van der Waals surface area contributed by atoms with Crippen LogP contribution in [0.15, 0.2) is 53.7 Å². The zero-order valence-corrected chi connectivity index (χ0v) is 22.7. The molecular weight excluding hydrogens is 527 g/mol. The number of guanidine groups is 1. The summed E-state index contributed by atoms with van der Waals surface area (Å²) in [4.78, 5) is 13.8. The average molecular weight is 567 g/mol. The number of halogens is 1. The summed E-state index contributed by atoms with van der Waals surface area (Å²) in [5, 5.41) is 6.93. The molecule has 1 saturated heterocycles. The molecule has 1 aromatic heterocycles. The Balaban J connectivity index is 0.00000385. The molecule has 182 valence electrons. The minimum Gasteiger partial charge on any atom is -0.375 e. The van der Waals surface area contributed by atoms with E-state index in [0.717, 1.165) is 56.7 Å². The van der Waals surface area contributed by atoms with E-state index in [-0.39, 0.29) is 30.1 Å². The number of benzene rings is 1. The molecule has 3 rings (SSSR count). The van der Waals surface area contributed by atoms with Gasteiger partial charge in [0.1, 0.15) is 5.82 Å². The van der Waals surface area contributed by atoms with Gasteiger partial charge in [0, 0.05) is 39.4 Å². The molecule has 1 aromatic carbocycles. The summed E-state index contributed by atoms with van der Waals surface area (Å²) >= 11 is 0. The van der Waals surface area contributed by atoms with E-state index in [0.29, 0.717) is 12.6 Å². The highest BCUT2D eigenvalue weighted by atomic mass is 127. The molecule has 2 unspecified atom stereocenters. The Hall–Kier alpha value is -1.91. The van der Waals surface area contributed by atoms with Crippen molar-refractivity contribution in [3.05, 3.63) is 59.8 Å². The number of hydrogen-bond donors (Lipinski definition) is 2. The summed E-state index contributed by atoms with van der Waals surface area (Å²) in [6.07, 6.45) is 2.19. The molecule has 0 aliphatic carbocycles. The van der Waals surface area contributed by atoms with E-state index in [4.69, 9.17) is 4.74 Å². The van der Waals surface area contributed by atoms with Crippen molar-refractivity contribution in [3.63, 3.8) is 0 Å². The van der Waals surface area contributed by atoms with Gasteiger partial charge in [0.25, 0.3) is 0 Å². The first-order valence-electron chi connectivity index (χ1n) is 11.7. The third-order valence-electron chi connectivity index (χ3n) is 5.96. The first-order chi connectivity index (χ1) is 15.6. The molecule has 2 atom stereocenters. The molecule has 0 bridgehead atoms. The van der Waals surface area contributed by atoms with Crippen LogP contribution >= 0.6 is 24.0 Å². The lowest BCUT2D eigenvalue weighted by Crippen LogP contribution is -2.43. The highest BCUT2D eigenvalue weighted by Gasteiger charge is 2.19. The van der Waals surface area contributed by atoms with Crippen LogP contribution in [0.5, 0.6) is 0 Å². The van der Waals surface area contributed by atoms with Crippen LogP contribution in [-0.2, 0) is 11.3 Å². The van der Waals surface area contributed by atoms with Crippen LogP contribution in [0.2, 0.25) is 0 Å². The van der Waals surface area contributed by atoms with Gasteiger partial charge in [-0.2, -0.15) is 0 Å². The number of rotatable bonds is 9. The number of morpholine rings is 1. The zero-order chi connectivity index (χ0) is 22.8. The number of anilines is 1. The van der Waals surface area contributed by atoms with Crippen LogP contribution in [0.3, 0.4) is 0 Å². The van der Waals surface area contributed by atoms with E-state index in [2.05, 4.69) is 93.6 Å². The van der Waals surface area contributed by atoms with Gasteiger partial charge < -0.3 is 20.3 Å². The Bertz CT molecular complexity index is 829. The fraction of sp³-hybridized carbons (Fsp3) is 0.520. The summed E-state index contributed by atoms with van der Waals surface area (Å²) in [6.45, 7) is 12.5. The number of aromatic nitrogens is 1. The number of nitrogens with one attached hydrogen (secondary N) is 2. The summed E-state index contributed by atoms with van der Waals surface area (Å²) < 4.78 is 5.62. The molecule has 1 aliphatic rings. The lowest BCUT2D eigenvalue weighted by molar-refractivity contribution is 0.0529. The summed E-state index contributed by atoms with van der Waals surface area (Å²) in [5.41, 5.74) is 2.44. The Labute approximate surface area is 216 Å². The number of nitrogens with zero attached hydrogens (tertiary/aromatic N) is 4. The molecule has 0 saturated carbocycles. The van der Waals surface area contributed by atoms with E-state index >= 15 is 0 Å². The molecule has 2 N–H and O–H groups in total. The SMILES string of the molecule is CCN(CC)C(CNC(=NC)NCc1ccc(N2CCOC(C)C2)nc1)c1ccccc1.I. The lowest BCUT2D eigenvalue weighted by atomic mass is 10.1. The third-order valence-corrected chi connectivity index (χ3v) is 5.96. The molecule has 1 fully saturated rings. The Kier molecular flexibility index (Phi) is 11.9. The molecule has 0 amide bonds. The normalized spacial score (nSPS) is 17.4. The summed E-state index contributed by atoms with van der Waals surface area (Å²) in [5.74, 6) is 1.81. The highest BCUT2D eigenvalue weighted by molar-refractivity contribution is 14.0. The first-order valence-corrected chi connectivity index (χ1v) is 11.7. The summed E-state index contributed by atoms with van der Waals surface area (Å²) in [7, 11) is 1.81. The van der Waals surface area contributed by atoms with Crippen LogP contribution in [-0.4, -0.2) is 68.3 Å². The van der Waals surface area contributed by atoms with E-state index in [9.17, 15) is 0 Å². The predicted molar refractivity (Wildman–Crippen MR) is 148 cm³/mol. The smallest absolute Gasteiger partial charge is 0.191 e. The number of pyridine rings is 1. The van der Waals surface area contributed by atoms with Gasteiger partial charge in [0.05, 0.1) is 18.8 Å². The van der Waals surface area contributed by atoms with Crippen molar-refractivity contribution in [2.24, 2.45) is 4.99 Å². The van der Waals surface area contributed by atoms with E-state index < -0.39 is 0 Å². The van der Waals surface area contributed by atoms with Gasteiger partial charge in [-0.05, 0) is 37.2 Å². The van der Waals surface area contributed by atoms with Crippen LogP contribution < -0.4 is 15.5 Å². The van der Waals surface area contributed by atoms with Crippen LogP contribution in [0.1, 0.15) is 37.9 Å². The van der Waals surface area contributed by atoms with Crippen molar-refractivity contribution in [2.75, 3.05) is 51.3 Å². The molecule has 2 aromatic rings. The topological polar surface area (TPSA) is 65.0 Å². The van der Waals surface area contributed by atoms with Gasteiger partial charge in [-0.1, -0.05) is 50.2 Å². The summed E-state index contributed by atoms with van der Waals surface area (Å²) in [6, 6.07) is 15.2. The maximum Gasteiger partial charge on any atom is 0.191 e. The molecule has 0 spiro atoms. The van der Waals surface area contributed by atoms with Gasteiger partial charge in [-0.25, -0.2) is 4.98 Å². The quantitative estimate of drug-likeness (QED) is 0.275. The Morgan fingerprint density at radius 2 is 1.94 bits per heavy atom. The second-order valence-corrected chi connectivity index (χ2v) is 8.11. The van der Waals surface area contributed by atoms with Crippen LogP contribution in [0, 0.1) is 0 Å². The Morgan fingerprint density at radius 1 is 1.18 bits per heavy atom. The second kappa shape index (κ2) is 14.4. The van der Waals surface area contributed by atoms with Crippen molar-refractivity contribution >= 4 is 35.8 Å². The maximum absolute atomic E-state index is 5.62. The molecule has 7 nitrogen and oxygen atoms in total. The van der Waals surface area contributed by atoms with Crippen LogP contribution in [0.25, 0.3) is 0 Å². The van der Waals surface area contributed by atoms with Gasteiger partial charge in [-0.15, -0.1) is 24.0 Å². The standard InChI is InChI=1S/C25H38N6O.HI/c1-5-30(6-2)23(22-10-8-7-9-11-22)18-29-25(26-4)28-17-21-12-13-24(27-16-21)31-14-15-32-20(3)19-31;/h7-13,16,20,23H,5-6,14-15,17-19H2,1-4H3,(H2,26,28,29);1H. The van der Waals surface area contributed by atoms with Crippen molar-refractivity contribution < 1.29 is 4.74 Å². The fourth-order valence-electron chi connectivity index (χ4n) is 4.13. The molecule has 8 heteroatoms. The minimum absolute atomic E-state index is 0. The molecule has 0 radical (unpaired) electrons. The highest BCUT2D eigenvalue weighted by Crippen LogP contribution is 2.19. The van der Waals surface area contributed by atoms with Crippen LogP contribution in [0.4, 0.5) is 5.82 Å². The van der Waals surface area contributed by atoms with E-state index in [1.807, 2.05) is 13.2 Å². The number of ether oxygens (including phenoxy) is 1. The monoisotopic (exact) mass is 566 g/mol. The van der Waals surface area contributed by atoms with Gasteiger partial charge >= 0.3 is 0 Å². The zero-order valence-electron chi connectivity index (χ0n) is 20.3. The van der Waals surface area contributed by atoms with Gasteiger partial charge in [0.15, 0.2) is 5.96 Å². The number of aliphatic imine (C=N–C) groups is 1. The van der Waals surface area contributed by atoms with Gasteiger partial charge in [0.2, 0.25) is 0 Å². The number of likely N-dealkylation sites (N-methyl/N-ethyl adjacent to an activating group) is 1. The van der Waals surface area contributed by atoms with Crippen molar-refractivity contribution in [3.8, 4) is 0 Å². The average Bonchev–Trinajstić information content (AvgIpc) is 2.84. The van der Waals surface area contributed by atoms with Crippen molar-refractivity contribution in [2.45, 2.75) is 39.5 Å². The molecule has 33 heavy (non-hydrogen) atoms. The minimum atomic E-state index is 0. The molecule has 2 heterocycles. The van der Waals surface area contributed by atoms with Crippen molar-refractivity contribution in [1.29, 1.82) is 0 Å². The lowest BCUT2D eigenvalue weighted by Gasteiger charge is -2.32. The molecule has 1 aliphatic heterocycles. The van der Waals surface area contributed by atoms with E-state index in [1.54, 1.807) is 0 Å². The number of hydrogen-bond acceptors (Lipinski definition) is 5. The predicted octanol–water partition coefficient (Wildman–Crippen LogP) is 3.67. The van der Waals surface area contributed by atoms with Gasteiger partial charge in [-0.3, -0.25) is 9.89 Å².